The van der Waals surface area contributed by atoms with E-state index in [9.17, 15) is 13.2 Å². The first-order chi connectivity index (χ1) is 7.97. The highest BCUT2D eigenvalue weighted by atomic mass is 32.1. The van der Waals surface area contributed by atoms with Gasteiger partial charge in [-0.1, -0.05) is 0 Å². The molecule has 0 aliphatic carbocycles. The molecule has 0 bridgehead atoms. The topological polar surface area (TPSA) is 28.2 Å². The molecule has 17 heavy (non-hydrogen) atoms. The Morgan fingerprint density at radius 2 is 2.35 bits per heavy atom. The van der Waals surface area contributed by atoms with E-state index in [1.165, 1.54) is 0 Å². The van der Waals surface area contributed by atoms with Crippen LogP contribution in [0.25, 0.3) is 0 Å². The van der Waals surface area contributed by atoms with Gasteiger partial charge < -0.3 is 5.32 Å². The summed E-state index contributed by atoms with van der Waals surface area (Å²) in [6.45, 7) is 5.16. The number of thiazole rings is 1. The standard InChI is InChI=1S/C10H14F3N3S/c1-7-4-14-2-3-16(7)6-9-15-5-8(17-9)10(11,12)13/h5,7,14H,2-4,6H2,1H3/t7-/m1/s1. The van der Waals surface area contributed by atoms with Crippen LogP contribution in [0.4, 0.5) is 13.2 Å². The second kappa shape index (κ2) is 4.91. The van der Waals surface area contributed by atoms with E-state index >= 15 is 0 Å². The van der Waals surface area contributed by atoms with Crippen LogP contribution in [0.15, 0.2) is 6.20 Å². The van der Waals surface area contributed by atoms with Gasteiger partial charge in [0, 0.05) is 25.7 Å². The summed E-state index contributed by atoms with van der Waals surface area (Å²) < 4.78 is 37.2. The lowest BCUT2D eigenvalue weighted by molar-refractivity contribution is -0.134. The minimum absolute atomic E-state index is 0.335. The zero-order valence-electron chi connectivity index (χ0n) is 9.42. The van der Waals surface area contributed by atoms with Crippen molar-refractivity contribution in [1.82, 2.24) is 15.2 Å². The number of hydrogen-bond acceptors (Lipinski definition) is 4. The van der Waals surface area contributed by atoms with Crippen LogP contribution in [-0.4, -0.2) is 35.6 Å². The van der Waals surface area contributed by atoms with Gasteiger partial charge in [0.05, 0.1) is 12.7 Å². The van der Waals surface area contributed by atoms with Crippen LogP contribution >= 0.6 is 11.3 Å². The highest BCUT2D eigenvalue weighted by molar-refractivity contribution is 7.11. The summed E-state index contributed by atoms with van der Waals surface area (Å²) in [4.78, 5) is 5.38. The largest absolute Gasteiger partial charge is 0.427 e. The van der Waals surface area contributed by atoms with Crippen molar-refractivity contribution in [3.63, 3.8) is 0 Å². The molecule has 1 fully saturated rings. The Balaban J connectivity index is 2.01. The summed E-state index contributed by atoms with van der Waals surface area (Å²) in [5, 5.41) is 3.77. The van der Waals surface area contributed by atoms with Crippen LogP contribution in [0.5, 0.6) is 0 Å². The summed E-state index contributed by atoms with van der Waals surface area (Å²) in [5.74, 6) is 0. The Morgan fingerprint density at radius 1 is 1.59 bits per heavy atom. The van der Waals surface area contributed by atoms with Crippen LogP contribution < -0.4 is 5.32 Å². The van der Waals surface area contributed by atoms with E-state index in [1.807, 2.05) is 0 Å². The van der Waals surface area contributed by atoms with Gasteiger partial charge in [-0.15, -0.1) is 11.3 Å². The SMILES string of the molecule is C[C@@H]1CNCCN1Cc1ncc(C(F)(F)F)s1. The minimum atomic E-state index is -4.27. The fraction of sp³-hybridized carbons (Fsp3) is 0.700. The molecule has 0 saturated carbocycles. The molecule has 1 atom stereocenters. The molecule has 1 N–H and O–H groups in total. The van der Waals surface area contributed by atoms with E-state index in [0.29, 0.717) is 17.6 Å². The molecule has 0 aromatic carbocycles. The average Bonchev–Trinajstić information content (AvgIpc) is 2.69. The second-order valence-electron chi connectivity index (χ2n) is 4.14. The predicted octanol–water partition coefficient (Wildman–Crippen LogP) is 1.96. The molecule has 0 amide bonds. The zero-order valence-corrected chi connectivity index (χ0v) is 10.2. The molecular weight excluding hydrogens is 251 g/mol. The molecule has 96 valence electrons. The molecule has 1 saturated heterocycles. The number of halogens is 3. The van der Waals surface area contributed by atoms with Gasteiger partial charge in [0.2, 0.25) is 0 Å². The monoisotopic (exact) mass is 265 g/mol. The number of nitrogens with zero attached hydrogens (tertiary/aromatic N) is 2. The quantitative estimate of drug-likeness (QED) is 0.886. The van der Waals surface area contributed by atoms with Crippen molar-refractivity contribution >= 4 is 11.3 Å². The van der Waals surface area contributed by atoms with Gasteiger partial charge in [0.1, 0.15) is 9.88 Å². The van der Waals surface area contributed by atoms with Crippen molar-refractivity contribution in [3.8, 4) is 0 Å². The zero-order chi connectivity index (χ0) is 12.5. The third-order valence-corrected chi connectivity index (χ3v) is 3.84. The molecular formula is C10H14F3N3S. The van der Waals surface area contributed by atoms with Gasteiger partial charge >= 0.3 is 6.18 Å². The van der Waals surface area contributed by atoms with Crippen molar-refractivity contribution in [2.24, 2.45) is 0 Å². The molecule has 0 spiro atoms. The Hall–Kier alpha value is -0.660. The third kappa shape index (κ3) is 3.17. The van der Waals surface area contributed by atoms with Crippen molar-refractivity contribution in [2.45, 2.75) is 25.7 Å². The lowest BCUT2D eigenvalue weighted by atomic mass is 10.2. The first kappa shape index (κ1) is 12.8. The summed E-state index contributed by atoms with van der Waals surface area (Å²) >= 11 is 0.737. The Labute approximate surface area is 102 Å². The van der Waals surface area contributed by atoms with Crippen molar-refractivity contribution in [2.75, 3.05) is 19.6 Å². The summed E-state index contributed by atoms with van der Waals surface area (Å²) in [7, 11) is 0. The van der Waals surface area contributed by atoms with Gasteiger partial charge in [0.25, 0.3) is 0 Å². The molecule has 2 rings (SSSR count). The highest BCUT2D eigenvalue weighted by Gasteiger charge is 2.33. The number of hydrogen-bond donors (Lipinski definition) is 1. The molecule has 0 unspecified atom stereocenters. The number of aromatic nitrogens is 1. The number of alkyl halides is 3. The number of nitrogens with one attached hydrogen (secondary N) is 1. The maximum Gasteiger partial charge on any atom is 0.427 e. The van der Waals surface area contributed by atoms with Crippen molar-refractivity contribution in [3.05, 3.63) is 16.1 Å². The van der Waals surface area contributed by atoms with E-state index in [1.54, 1.807) is 0 Å². The highest BCUT2D eigenvalue weighted by Crippen LogP contribution is 2.33. The Bertz CT molecular complexity index is 377. The predicted molar refractivity (Wildman–Crippen MR) is 59.9 cm³/mol. The molecule has 7 heteroatoms. The summed E-state index contributed by atoms with van der Waals surface area (Å²) in [6.07, 6.45) is -3.35. The fourth-order valence-electron chi connectivity index (χ4n) is 1.81. The van der Waals surface area contributed by atoms with E-state index in [-0.39, 0.29) is 0 Å². The van der Waals surface area contributed by atoms with Crippen molar-refractivity contribution in [1.29, 1.82) is 0 Å². The number of rotatable bonds is 2. The third-order valence-electron chi connectivity index (χ3n) is 2.81. The first-order valence-electron chi connectivity index (χ1n) is 5.43. The Kier molecular flexibility index (Phi) is 3.70. The molecule has 0 radical (unpaired) electrons. The van der Waals surface area contributed by atoms with E-state index in [2.05, 4.69) is 22.1 Å². The molecule has 2 heterocycles. The van der Waals surface area contributed by atoms with Crippen LogP contribution in [0.3, 0.4) is 0 Å². The number of piperazine rings is 1. The van der Waals surface area contributed by atoms with Gasteiger partial charge in [-0.2, -0.15) is 13.2 Å². The Morgan fingerprint density at radius 3 is 2.94 bits per heavy atom. The van der Waals surface area contributed by atoms with E-state index in [0.717, 1.165) is 37.2 Å². The van der Waals surface area contributed by atoms with Gasteiger partial charge in [-0.3, -0.25) is 4.90 Å². The lowest BCUT2D eigenvalue weighted by Gasteiger charge is -2.33. The van der Waals surface area contributed by atoms with Gasteiger partial charge in [-0.05, 0) is 6.92 Å². The van der Waals surface area contributed by atoms with Gasteiger partial charge in [-0.25, -0.2) is 4.98 Å². The van der Waals surface area contributed by atoms with Crippen LogP contribution in [0.1, 0.15) is 16.8 Å². The minimum Gasteiger partial charge on any atom is -0.314 e. The van der Waals surface area contributed by atoms with Crippen molar-refractivity contribution < 1.29 is 13.2 Å². The molecule has 3 nitrogen and oxygen atoms in total. The normalized spacial score (nSPS) is 22.9. The lowest BCUT2D eigenvalue weighted by Crippen LogP contribution is -2.49. The maximum absolute atomic E-state index is 12.4. The summed E-state index contributed by atoms with van der Waals surface area (Å²) in [6, 6.07) is 0.335. The molecule has 1 aliphatic rings. The van der Waals surface area contributed by atoms with Crippen LogP contribution in [0, 0.1) is 0 Å². The fourth-order valence-corrected chi connectivity index (χ4v) is 2.62. The molecule has 1 aromatic rings. The maximum atomic E-state index is 12.4. The average molecular weight is 265 g/mol. The van der Waals surface area contributed by atoms with Crippen LogP contribution in [-0.2, 0) is 12.7 Å². The summed E-state index contributed by atoms with van der Waals surface area (Å²) in [5.41, 5.74) is 0. The van der Waals surface area contributed by atoms with E-state index in [4.69, 9.17) is 0 Å². The second-order valence-corrected chi connectivity index (χ2v) is 5.25. The van der Waals surface area contributed by atoms with E-state index < -0.39 is 11.1 Å². The first-order valence-corrected chi connectivity index (χ1v) is 6.25. The van der Waals surface area contributed by atoms with Crippen LogP contribution in [0.2, 0.25) is 0 Å². The van der Waals surface area contributed by atoms with Gasteiger partial charge in [0.15, 0.2) is 0 Å². The smallest absolute Gasteiger partial charge is 0.314 e. The molecule has 1 aliphatic heterocycles. The molecule has 1 aromatic heterocycles.